The van der Waals surface area contributed by atoms with Gasteiger partial charge in [0, 0.05) is 25.7 Å². The van der Waals surface area contributed by atoms with Crippen LogP contribution in [0.5, 0.6) is 5.75 Å². The number of benzene rings is 2. The van der Waals surface area contributed by atoms with Gasteiger partial charge in [-0.05, 0) is 38.5 Å². The predicted octanol–water partition coefficient (Wildman–Crippen LogP) is 4.11. The number of anilines is 1. The Hall–Kier alpha value is -3.71. The molecule has 198 valence electrons. The van der Waals surface area contributed by atoms with Crippen LogP contribution in [0.4, 0.5) is 5.69 Å². The summed E-state index contributed by atoms with van der Waals surface area (Å²) < 4.78 is 5.92. The quantitative estimate of drug-likeness (QED) is 0.560. The maximum Gasteiger partial charge on any atom is 0.242 e. The van der Waals surface area contributed by atoms with Crippen LogP contribution in [-0.2, 0) is 16.0 Å². The summed E-state index contributed by atoms with van der Waals surface area (Å²) in [4.78, 5) is 38.2. The van der Waals surface area contributed by atoms with Crippen molar-refractivity contribution in [2.45, 2.75) is 45.3 Å². The van der Waals surface area contributed by atoms with Crippen LogP contribution in [0.15, 0.2) is 83.9 Å². The number of fused-ring (bicyclic) bond motifs is 1. The summed E-state index contributed by atoms with van der Waals surface area (Å²) in [6.07, 6.45) is 8.23. The topological polar surface area (TPSA) is 65.5 Å². The zero-order valence-corrected chi connectivity index (χ0v) is 22.4. The number of carbonyl (C=O) groups is 2. The first-order chi connectivity index (χ1) is 18.5. The van der Waals surface area contributed by atoms with E-state index in [0.717, 1.165) is 17.1 Å². The van der Waals surface area contributed by atoms with Crippen molar-refractivity contribution in [3.05, 3.63) is 84.5 Å². The Morgan fingerprint density at radius 1 is 1.05 bits per heavy atom. The number of amidine groups is 1. The van der Waals surface area contributed by atoms with E-state index in [1.807, 2.05) is 90.7 Å². The van der Waals surface area contributed by atoms with Crippen molar-refractivity contribution in [3.8, 4) is 5.75 Å². The fourth-order valence-electron chi connectivity index (χ4n) is 5.62. The molecule has 7 nitrogen and oxygen atoms in total. The standard InChI is InChI=1S/C31H36N4O3/c1-4-38-28-17-11-10-16-27(28)35-30(32-26-15-9-8-14-25(26)31(35)37)23(3)33-18-19-34(22(2)21-33)29(36)20-24-12-6-5-7-13-24/h5-17,22-23,25-26H,4,18-21H2,1-3H3. The third kappa shape index (κ3) is 5.16. The molecular weight excluding hydrogens is 476 g/mol. The van der Waals surface area contributed by atoms with Gasteiger partial charge in [0.15, 0.2) is 0 Å². The molecule has 2 heterocycles. The van der Waals surface area contributed by atoms with Crippen molar-refractivity contribution in [3.63, 3.8) is 0 Å². The molecule has 5 rings (SSSR count). The molecule has 4 unspecified atom stereocenters. The van der Waals surface area contributed by atoms with Crippen LogP contribution >= 0.6 is 0 Å². The number of allylic oxidation sites excluding steroid dienone is 2. The van der Waals surface area contributed by atoms with Crippen LogP contribution in [-0.4, -0.2) is 71.8 Å². The van der Waals surface area contributed by atoms with Gasteiger partial charge < -0.3 is 9.64 Å². The third-order valence-electron chi connectivity index (χ3n) is 7.63. The number of carbonyl (C=O) groups excluding carboxylic acids is 2. The second-order valence-corrected chi connectivity index (χ2v) is 10.1. The molecular formula is C31H36N4O3. The van der Waals surface area contributed by atoms with Crippen molar-refractivity contribution in [2.75, 3.05) is 31.1 Å². The molecule has 0 spiro atoms. The van der Waals surface area contributed by atoms with E-state index < -0.39 is 0 Å². The zero-order chi connectivity index (χ0) is 26.6. The van der Waals surface area contributed by atoms with E-state index in [1.165, 1.54) is 0 Å². The summed E-state index contributed by atoms with van der Waals surface area (Å²) in [5.41, 5.74) is 1.75. The van der Waals surface area contributed by atoms with Crippen LogP contribution in [0.25, 0.3) is 0 Å². The molecule has 1 saturated heterocycles. The zero-order valence-electron chi connectivity index (χ0n) is 22.4. The lowest BCUT2D eigenvalue weighted by Gasteiger charge is -2.45. The maximum atomic E-state index is 13.9. The predicted molar refractivity (Wildman–Crippen MR) is 150 cm³/mol. The van der Waals surface area contributed by atoms with E-state index in [0.29, 0.717) is 38.4 Å². The van der Waals surface area contributed by atoms with Crippen LogP contribution in [0, 0.1) is 5.92 Å². The molecule has 0 N–H and O–H groups in total. The Labute approximate surface area is 225 Å². The minimum Gasteiger partial charge on any atom is -0.492 e. The molecule has 7 heteroatoms. The van der Waals surface area contributed by atoms with Crippen LogP contribution in [0.2, 0.25) is 0 Å². The number of amides is 2. The van der Waals surface area contributed by atoms with Crippen LogP contribution in [0.3, 0.4) is 0 Å². The van der Waals surface area contributed by atoms with Gasteiger partial charge in [-0.3, -0.25) is 24.4 Å². The highest BCUT2D eigenvalue weighted by Gasteiger charge is 2.42. The van der Waals surface area contributed by atoms with Crippen LogP contribution < -0.4 is 9.64 Å². The summed E-state index contributed by atoms with van der Waals surface area (Å²) in [6.45, 7) is 8.72. The maximum absolute atomic E-state index is 13.9. The van der Waals surface area contributed by atoms with E-state index >= 15 is 0 Å². The number of hydrogen-bond donors (Lipinski definition) is 0. The van der Waals surface area contributed by atoms with Crippen molar-refractivity contribution in [1.82, 2.24) is 9.80 Å². The Bertz CT molecular complexity index is 1250. The monoisotopic (exact) mass is 512 g/mol. The van der Waals surface area contributed by atoms with E-state index in [-0.39, 0.29) is 35.9 Å². The second-order valence-electron chi connectivity index (χ2n) is 10.1. The van der Waals surface area contributed by atoms with Gasteiger partial charge in [0.25, 0.3) is 0 Å². The Kier molecular flexibility index (Phi) is 7.74. The van der Waals surface area contributed by atoms with Gasteiger partial charge in [-0.25, -0.2) is 0 Å². The first-order valence-corrected chi connectivity index (χ1v) is 13.5. The highest BCUT2D eigenvalue weighted by atomic mass is 16.5. The lowest BCUT2D eigenvalue weighted by molar-refractivity contribution is -0.135. The van der Waals surface area contributed by atoms with E-state index in [2.05, 4.69) is 18.7 Å². The van der Waals surface area contributed by atoms with Crippen molar-refractivity contribution in [2.24, 2.45) is 10.9 Å². The number of ether oxygens (including phenoxy) is 1. The fraction of sp³-hybridized carbons (Fsp3) is 0.387. The molecule has 4 atom stereocenters. The average Bonchev–Trinajstić information content (AvgIpc) is 2.94. The number of piperazine rings is 1. The van der Waals surface area contributed by atoms with Gasteiger partial charge in [-0.15, -0.1) is 0 Å². The molecule has 0 aromatic heterocycles. The fourth-order valence-corrected chi connectivity index (χ4v) is 5.62. The number of hydrogen-bond acceptors (Lipinski definition) is 5. The van der Waals surface area contributed by atoms with Gasteiger partial charge in [-0.2, -0.15) is 0 Å². The minimum absolute atomic E-state index is 0.00401. The SMILES string of the molecule is CCOc1ccccc1N1C(=O)C2C=CC=CC2N=C1C(C)N1CCN(C(=O)Cc2ccccc2)C(C)C1. The summed E-state index contributed by atoms with van der Waals surface area (Å²) in [5.74, 6) is 1.21. The molecule has 2 aromatic rings. The van der Waals surface area contributed by atoms with Gasteiger partial charge in [-0.1, -0.05) is 66.8 Å². The van der Waals surface area contributed by atoms with Gasteiger partial charge in [0.05, 0.1) is 36.7 Å². The van der Waals surface area contributed by atoms with E-state index in [1.54, 1.807) is 4.90 Å². The molecule has 0 bridgehead atoms. The van der Waals surface area contributed by atoms with E-state index in [4.69, 9.17) is 9.73 Å². The van der Waals surface area contributed by atoms with Crippen LogP contribution in [0.1, 0.15) is 26.3 Å². The summed E-state index contributed by atoms with van der Waals surface area (Å²) in [6, 6.07) is 17.3. The molecule has 3 aliphatic rings. The van der Waals surface area contributed by atoms with Crippen molar-refractivity contribution < 1.29 is 14.3 Å². The largest absolute Gasteiger partial charge is 0.492 e. The molecule has 1 aliphatic carbocycles. The smallest absolute Gasteiger partial charge is 0.242 e. The molecule has 2 aliphatic heterocycles. The summed E-state index contributed by atoms with van der Waals surface area (Å²) in [5, 5.41) is 0. The minimum atomic E-state index is -0.336. The number of aliphatic imine (C=N–C) groups is 1. The lowest BCUT2D eigenvalue weighted by Crippen LogP contribution is -2.61. The Morgan fingerprint density at radius 2 is 1.79 bits per heavy atom. The van der Waals surface area contributed by atoms with Gasteiger partial charge >= 0.3 is 0 Å². The van der Waals surface area contributed by atoms with Crippen molar-refractivity contribution in [1.29, 1.82) is 0 Å². The van der Waals surface area contributed by atoms with E-state index in [9.17, 15) is 9.59 Å². The normalized spacial score (nSPS) is 24.1. The Morgan fingerprint density at radius 3 is 2.55 bits per heavy atom. The second kappa shape index (κ2) is 11.4. The summed E-state index contributed by atoms with van der Waals surface area (Å²) in [7, 11) is 0. The molecule has 38 heavy (non-hydrogen) atoms. The number of rotatable bonds is 7. The molecule has 2 aromatic carbocycles. The number of nitrogens with zero attached hydrogens (tertiary/aromatic N) is 4. The molecule has 0 saturated carbocycles. The Balaban J connectivity index is 1.39. The first kappa shape index (κ1) is 25.9. The number of para-hydroxylation sites is 2. The molecule has 2 amide bonds. The highest BCUT2D eigenvalue weighted by molar-refractivity contribution is 6.22. The summed E-state index contributed by atoms with van der Waals surface area (Å²) >= 11 is 0. The first-order valence-electron chi connectivity index (χ1n) is 13.5. The van der Waals surface area contributed by atoms with Crippen molar-refractivity contribution >= 4 is 23.3 Å². The molecule has 0 radical (unpaired) electrons. The highest BCUT2D eigenvalue weighted by Crippen LogP contribution is 2.35. The molecule has 1 fully saturated rings. The van der Waals surface area contributed by atoms with Gasteiger partial charge in [0.1, 0.15) is 11.6 Å². The lowest BCUT2D eigenvalue weighted by atomic mass is 9.91. The average molecular weight is 513 g/mol. The van der Waals surface area contributed by atoms with Gasteiger partial charge in [0.2, 0.25) is 11.8 Å². The third-order valence-corrected chi connectivity index (χ3v) is 7.63.